The van der Waals surface area contributed by atoms with Crippen LogP contribution in [0.25, 0.3) is 0 Å². The number of hydrogen-bond donors (Lipinski definition) is 2. The molecular formula is C21H21N3O2. The molecule has 0 unspecified atom stereocenters. The second kappa shape index (κ2) is 8.16. The molecule has 1 heterocycles. The van der Waals surface area contributed by atoms with E-state index in [-0.39, 0.29) is 5.91 Å². The Balaban J connectivity index is 1.79. The summed E-state index contributed by atoms with van der Waals surface area (Å²) in [5, 5.41) is 6.20. The fourth-order valence-electron chi connectivity index (χ4n) is 2.68. The molecule has 0 aliphatic rings. The summed E-state index contributed by atoms with van der Waals surface area (Å²) in [5.41, 5.74) is 4.07. The second-order valence-corrected chi connectivity index (χ2v) is 5.75. The van der Waals surface area contributed by atoms with Crippen LogP contribution in [-0.2, 0) is 6.42 Å². The molecule has 5 nitrogen and oxygen atoms in total. The third-order valence-electron chi connectivity index (χ3n) is 4.03. The van der Waals surface area contributed by atoms with Gasteiger partial charge >= 0.3 is 0 Å². The number of carbonyl (C=O) groups is 1. The molecule has 1 amide bonds. The molecule has 2 N–H and O–H groups in total. The first kappa shape index (κ1) is 17.5. The monoisotopic (exact) mass is 347 g/mol. The molecule has 5 heteroatoms. The summed E-state index contributed by atoms with van der Waals surface area (Å²) in [6, 6.07) is 17.2. The van der Waals surface area contributed by atoms with Gasteiger partial charge in [-0.25, -0.2) is 0 Å². The maximum atomic E-state index is 12.6. The van der Waals surface area contributed by atoms with Gasteiger partial charge in [-0.15, -0.1) is 0 Å². The topological polar surface area (TPSA) is 63.2 Å². The van der Waals surface area contributed by atoms with Gasteiger partial charge in [0.1, 0.15) is 5.75 Å². The Hall–Kier alpha value is -3.34. The minimum atomic E-state index is -0.241. The average Bonchev–Trinajstić information content (AvgIpc) is 2.69. The third-order valence-corrected chi connectivity index (χ3v) is 4.03. The number of rotatable bonds is 6. The van der Waals surface area contributed by atoms with Crippen LogP contribution >= 0.6 is 0 Å². The second-order valence-electron chi connectivity index (χ2n) is 5.75. The Morgan fingerprint density at radius 3 is 2.54 bits per heavy atom. The van der Waals surface area contributed by atoms with E-state index >= 15 is 0 Å². The highest BCUT2D eigenvalue weighted by atomic mass is 16.5. The molecular weight excluding hydrogens is 326 g/mol. The Morgan fingerprint density at radius 2 is 1.77 bits per heavy atom. The van der Waals surface area contributed by atoms with Crippen molar-refractivity contribution in [1.29, 1.82) is 0 Å². The van der Waals surface area contributed by atoms with Gasteiger partial charge in [-0.05, 0) is 36.2 Å². The first-order valence-corrected chi connectivity index (χ1v) is 8.45. The zero-order valence-electron chi connectivity index (χ0n) is 14.8. The minimum absolute atomic E-state index is 0.241. The van der Waals surface area contributed by atoms with E-state index in [1.807, 2.05) is 30.3 Å². The number of ether oxygens (including phenoxy) is 1. The summed E-state index contributed by atoms with van der Waals surface area (Å²) in [4.78, 5) is 16.8. The lowest BCUT2D eigenvalue weighted by Crippen LogP contribution is -2.13. The van der Waals surface area contributed by atoms with Crippen LogP contribution in [0, 0.1) is 0 Å². The zero-order chi connectivity index (χ0) is 18.4. The summed E-state index contributed by atoms with van der Waals surface area (Å²) in [6.07, 6.45) is 4.17. The van der Waals surface area contributed by atoms with Crippen molar-refractivity contribution in [2.75, 3.05) is 17.7 Å². The van der Waals surface area contributed by atoms with Crippen LogP contribution < -0.4 is 15.4 Å². The van der Waals surface area contributed by atoms with E-state index in [0.29, 0.717) is 17.0 Å². The maximum absolute atomic E-state index is 12.6. The number of anilines is 3. The van der Waals surface area contributed by atoms with Crippen molar-refractivity contribution in [2.24, 2.45) is 0 Å². The largest absolute Gasteiger partial charge is 0.495 e. The molecule has 0 atom stereocenters. The van der Waals surface area contributed by atoms with Crippen LogP contribution in [0.5, 0.6) is 5.75 Å². The summed E-state index contributed by atoms with van der Waals surface area (Å²) in [6.45, 7) is 2.11. The van der Waals surface area contributed by atoms with Crippen LogP contribution in [0.3, 0.4) is 0 Å². The van der Waals surface area contributed by atoms with Crippen molar-refractivity contribution in [3.63, 3.8) is 0 Å². The summed E-state index contributed by atoms with van der Waals surface area (Å²) in [5.74, 6) is 0.370. The van der Waals surface area contributed by atoms with E-state index in [0.717, 1.165) is 17.8 Å². The van der Waals surface area contributed by atoms with Crippen LogP contribution in [0.4, 0.5) is 17.1 Å². The Morgan fingerprint density at radius 1 is 1.04 bits per heavy atom. The molecule has 0 spiro atoms. The quantitative estimate of drug-likeness (QED) is 0.681. The van der Waals surface area contributed by atoms with Gasteiger partial charge in [0.15, 0.2) is 0 Å². The minimum Gasteiger partial charge on any atom is -0.495 e. The number of nitrogens with zero attached hydrogens (tertiary/aromatic N) is 1. The number of benzene rings is 2. The van der Waals surface area contributed by atoms with E-state index in [4.69, 9.17) is 4.74 Å². The van der Waals surface area contributed by atoms with Gasteiger partial charge in [0.05, 0.1) is 30.2 Å². The van der Waals surface area contributed by atoms with Gasteiger partial charge in [0.2, 0.25) is 0 Å². The van der Waals surface area contributed by atoms with Crippen molar-refractivity contribution >= 4 is 23.0 Å². The fourth-order valence-corrected chi connectivity index (χ4v) is 2.68. The van der Waals surface area contributed by atoms with Crippen molar-refractivity contribution in [3.05, 3.63) is 78.1 Å². The molecule has 3 aromatic rings. The molecule has 0 saturated carbocycles. The number of aromatic nitrogens is 1. The normalized spacial score (nSPS) is 10.2. The highest BCUT2D eigenvalue weighted by molar-refractivity contribution is 6.05. The number of nitrogens with one attached hydrogen (secondary N) is 2. The molecule has 3 rings (SSSR count). The number of hydrogen-bond acceptors (Lipinski definition) is 4. The molecule has 2 aromatic carbocycles. The third kappa shape index (κ3) is 4.00. The van der Waals surface area contributed by atoms with Gasteiger partial charge in [0.25, 0.3) is 5.91 Å². The molecule has 1 aromatic heterocycles. The predicted molar refractivity (Wildman–Crippen MR) is 104 cm³/mol. The Kier molecular flexibility index (Phi) is 5.49. The standard InChI is InChI=1S/C21H21N3O2/c1-3-15-8-4-5-9-18(15)23-17-12-16(13-22-14-17)21(25)24-19-10-6-7-11-20(19)26-2/h4-14,23H,3H2,1-2H3,(H,24,25). The van der Waals surface area contributed by atoms with Gasteiger partial charge in [-0.1, -0.05) is 37.3 Å². The van der Waals surface area contributed by atoms with Crippen molar-refractivity contribution in [1.82, 2.24) is 4.98 Å². The van der Waals surface area contributed by atoms with E-state index in [1.54, 1.807) is 37.7 Å². The van der Waals surface area contributed by atoms with Crippen LogP contribution in [0.2, 0.25) is 0 Å². The number of para-hydroxylation sites is 3. The van der Waals surface area contributed by atoms with Gasteiger partial charge in [0, 0.05) is 11.9 Å². The van der Waals surface area contributed by atoms with Gasteiger partial charge in [-0.2, -0.15) is 0 Å². The molecule has 26 heavy (non-hydrogen) atoms. The fraction of sp³-hybridized carbons (Fsp3) is 0.143. The van der Waals surface area contributed by atoms with E-state index in [9.17, 15) is 4.79 Å². The summed E-state index contributed by atoms with van der Waals surface area (Å²) < 4.78 is 5.27. The van der Waals surface area contributed by atoms with Crippen molar-refractivity contribution < 1.29 is 9.53 Å². The zero-order valence-corrected chi connectivity index (χ0v) is 14.8. The van der Waals surface area contributed by atoms with Crippen LogP contribution in [0.15, 0.2) is 67.0 Å². The molecule has 0 fully saturated rings. The van der Waals surface area contributed by atoms with Gasteiger partial charge in [-0.3, -0.25) is 9.78 Å². The van der Waals surface area contributed by atoms with Crippen molar-refractivity contribution in [3.8, 4) is 5.75 Å². The SMILES string of the molecule is CCc1ccccc1Nc1cncc(C(=O)Nc2ccccc2OC)c1. The molecule has 0 radical (unpaired) electrons. The highest BCUT2D eigenvalue weighted by Crippen LogP contribution is 2.25. The maximum Gasteiger partial charge on any atom is 0.257 e. The molecule has 132 valence electrons. The Bertz CT molecular complexity index is 909. The predicted octanol–water partition coefficient (Wildman–Crippen LogP) is 4.65. The number of amides is 1. The number of carbonyl (C=O) groups excluding carboxylic acids is 1. The van der Waals surface area contributed by atoms with Gasteiger partial charge < -0.3 is 15.4 Å². The molecule has 0 aliphatic heterocycles. The summed E-state index contributed by atoms with van der Waals surface area (Å²) in [7, 11) is 1.57. The van der Waals surface area contributed by atoms with E-state index < -0.39 is 0 Å². The van der Waals surface area contributed by atoms with Crippen molar-refractivity contribution in [2.45, 2.75) is 13.3 Å². The summed E-state index contributed by atoms with van der Waals surface area (Å²) >= 11 is 0. The van der Waals surface area contributed by atoms with E-state index in [2.05, 4.69) is 28.6 Å². The lowest BCUT2D eigenvalue weighted by atomic mass is 10.1. The van der Waals surface area contributed by atoms with E-state index in [1.165, 1.54) is 5.56 Å². The first-order chi connectivity index (χ1) is 12.7. The lowest BCUT2D eigenvalue weighted by molar-refractivity contribution is 0.102. The number of aryl methyl sites for hydroxylation is 1. The molecule has 0 saturated heterocycles. The lowest BCUT2D eigenvalue weighted by Gasteiger charge is -2.12. The Labute approximate surface area is 153 Å². The average molecular weight is 347 g/mol. The van der Waals surface area contributed by atoms with Crippen LogP contribution in [-0.4, -0.2) is 18.0 Å². The molecule has 0 aliphatic carbocycles. The highest BCUT2D eigenvalue weighted by Gasteiger charge is 2.11. The number of methoxy groups -OCH3 is 1. The first-order valence-electron chi connectivity index (χ1n) is 8.45. The number of pyridine rings is 1. The molecule has 0 bridgehead atoms. The van der Waals surface area contributed by atoms with Crippen LogP contribution in [0.1, 0.15) is 22.8 Å². The smallest absolute Gasteiger partial charge is 0.257 e.